The fraction of sp³-hybridized carbons (Fsp3) is 0.188. The highest BCUT2D eigenvalue weighted by Gasteiger charge is 2.35. The topological polar surface area (TPSA) is 111 Å². The van der Waals surface area contributed by atoms with Crippen LogP contribution in [0.4, 0.5) is 18.9 Å². The van der Waals surface area contributed by atoms with Crippen LogP contribution >= 0.6 is 0 Å². The fourth-order valence-corrected chi connectivity index (χ4v) is 2.56. The molecule has 0 spiro atoms. The second-order valence-corrected chi connectivity index (χ2v) is 5.41. The Morgan fingerprint density at radius 3 is 2.63 bits per heavy atom. The summed E-state index contributed by atoms with van der Waals surface area (Å²) in [5.41, 5.74) is -2.55. The van der Waals surface area contributed by atoms with Crippen LogP contribution < -0.4 is 0 Å². The molecule has 0 amide bonds. The van der Waals surface area contributed by atoms with Gasteiger partial charge < -0.3 is 9.84 Å². The van der Waals surface area contributed by atoms with Crippen LogP contribution in [-0.4, -0.2) is 32.1 Å². The maximum Gasteiger partial charge on any atom is 0.418 e. The summed E-state index contributed by atoms with van der Waals surface area (Å²) < 4.78 is 44.4. The molecule has 0 saturated carbocycles. The molecule has 0 saturated heterocycles. The lowest BCUT2D eigenvalue weighted by molar-refractivity contribution is -0.387. The fourth-order valence-electron chi connectivity index (χ4n) is 2.56. The first-order valence-electron chi connectivity index (χ1n) is 7.42. The van der Waals surface area contributed by atoms with Crippen LogP contribution in [0.2, 0.25) is 0 Å². The van der Waals surface area contributed by atoms with Crippen LogP contribution in [0.25, 0.3) is 22.4 Å². The molecule has 3 rings (SSSR count). The maximum absolute atomic E-state index is 13.2. The Bertz CT molecular complexity index is 1040. The standard InChI is InChI=1S/C16H11F3N4O4/c1-27-7-11-13(23(25)26)14(24)8-4-5-10(21-15(8)22-11)12-9(16(17,18)19)3-2-6-20-12/h2-6H,7H2,1H3,(H,21,22,24). The van der Waals surface area contributed by atoms with Gasteiger partial charge in [-0.25, -0.2) is 9.97 Å². The van der Waals surface area contributed by atoms with Gasteiger partial charge in [0.15, 0.2) is 11.3 Å². The zero-order valence-electron chi connectivity index (χ0n) is 13.7. The molecule has 0 bridgehead atoms. The number of aromatic hydroxyl groups is 1. The van der Waals surface area contributed by atoms with Gasteiger partial charge in [-0.05, 0) is 24.3 Å². The highest BCUT2D eigenvalue weighted by atomic mass is 19.4. The van der Waals surface area contributed by atoms with E-state index in [1.807, 2.05) is 0 Å². The van der Waals surface area contributed by atoms with Crippen LogP contribution in [0, 0.1) is 10.1 Å². The molecule has 3 aromatic heterocycles. The Balaban J connectivity index is 2.26. The Labute approximate surface area is 149 Å². The number of hydrogen-bond acceptors (Lipinski definition) is 7. The van der Waals surface area contributed by atoms with Gasteiger partial charge in [-0.3, -0.25) is 15.1 Å². The van der Waals surface area contributed by atoms with Gasteiger partial charge in [0.05, 0.1) is 28.2 Å². The van der Waals surface area contributed by atoms with E-state index in [1.165, 1.54) is 25.4 Å². The number of nitro groups is 1. The average Bonchev–Trinajstić information content (AvgIpc) is 2.60. The van der Waals surface area contributed by atoms with E-state index in [1.54, 1.807) is 0 Å². The monoisotopic (exact) mass is 380 g/mol. The van der Waals surface area contributed by atoms with Gasteiger partial charge in [0.25, 0.3) is 0 Å². The smallest absolute Gasteiger partial charge is 0.418 e. The molecule has 0 radical (unpaired) electrons. The molecule has 0 aliphatic heterocycles. The summed E-state index contributed by atoms with van der Waals surface area (Å²) in [6.45, 7) is -0.289. The summed E-state index contributed by atoms with van der Waals surface area (Å²) in [6, 6.07) is 4.41. The molecule has 0 unspecified atom stereocenters. The molecule has 1 N–H and O–H groups in total. The summed E-state index contributed by atoms with van der Waals surface area (Å²) in [4.78, 5) is 22.1. The van der Waals surface area contributed by atoms with E-state index in [-0.39, 0.29) is 29.0 Å². The number of fused-ring (bicyclic) bond motifs is 1. The highest BCUT2D eigenvalue weighted by molar-refractivity contribution is 5.88. The molecule has 0 atom stereocenters. The number of methoxy groups -OCH3 is 1. The van der Waals surface area contributed by atoms with E-state index in [4.69, 9.17) is 4.74 Å². The molecular formula is C16H11F3N4O4. The van der Waals surface area contributed by atoms with E-state index in [2.05, 4.69) is 15.0 Å². The number of pyridine rings is 3. The molecule has 0 aromatic carbocycles. The number of rotatable bonds is 4. The Morgan fingerprint density at radius 2 is 2.00 bits per heavy atom. The second kappa shape index (κ2) is 6.76. The Hall–Kier alpha value is -3.34. The quantitative estimate of drug-likeness (QED) is 0.545. The molecule has 3 heterocycles. The minimum Gasteiger partial charge on any atom is -0.502 e. The van der Waals surface area contributed by atoms with Gasteiger partial charge >= 0.3 is 11.9 Å². The lowest BCUT2D eigenvalue weighted by Gasteiger charge is -2.12. The summed E-state index contributed by atoms with van der Waals surface area (Å²) in [5.74, 6) is -0.687. The third-order valence-electron chi connectivity index (χ3n) is 3.69. The average molecular weight is 380 g/mol. The zero-order chi connectivity index (χ0) is 19.8. The molecule has 11 heteroatoms. The van der Waals surface area contributed by atoms with Crippen molar-refractivity contribution in [3.05, 3.63) is 51.8 Å². The largest absolute Gasteiger partial charge is 0.502 e. The van der Waals surface area contributed by atoms with Gasteiger partial charge in [-0.1, -0.05) is 0 Å². The molecule has 8 nitrogen and oxygen atoms in total. The molecule has 0 aliphatic rings. The van der Waals surface area contributed by atoms with E-state index < -0.39 is 33.8 Å². The first kappa shape index (κ1) is 18.5. The van der Waals surface area contributed by atoms with E-state index in [0.717, 1.165) is 12.1 Å². The molecule has 0 aliphatic carbocycles. The Kier molecular flexibility index (Phi) is 4.62. The first-order valence-corrected chi connectivity index (χ1v) is 7.42. The van der Waals surface area contributed by atoms with Crippen molar-refractivity contribution in [2.24, 2.45) is 0 Å². The molecule has 140 valence electrons. The van der Waals surface area contributed by atoms with Crippen molar-refractivity contribution in [2.75, 3.05) is 7.11 Å². The second-order valence-electron chi connectivity index (χ2n) is 5.41. The predicted octanol–water partition coefficient (Wildman–Crippen LogP) is 3.47. The van der Waals surface area contributed by atoms with Crippen LogP contribution in [0.1, 0.15) is 11.3 Å². The zero-order valence-corrected chi connectivity index (χ0v) is 13.7. The number of aromatic nitrogens is 3. The van der Waals surface area contributed by atoms with Crippen LogP contribution in [0.15, 0.2) is 30.5 Å². The van der Waals surface area contributed by atoms with Gasteiger partial charge in [-0.2, -0.15) is 13.2 Å². The SMILES string of the molecule is COCc1nc2nc(-c3ncccc3C(F)(F)F)ccc2c(O)c1[N+](=O)[O-]. The lowest BCUT2D eigenvalue weighted by atomic mass is 10.1. The normalized spacial score (nSPS) is 11.7. The Morgan fingerprint density at radius 1 is 1.26 bits per heavy atom. The van der Waals surface area contributed by atoms with Gasteiger partial charge in [0.2, 0.25) is 5.75 Å². The number of alkyl halides is 3. The minimum absolute atomic E-state index is 0.0743. The van der Waals surface area contributed by atoms with Gasteiger partial charge in [-0.15, -0.1) is 0 Å². The lowest BCUT2D eigenvalue weighted by Crippen LogP contribution is -2.09. The van der Waals surface area contributed by atoms with Crippen molar-refractivity contribution >= 4 is 16.7 Å². The first-order chi connectivity index (χ1) is 12.7. The summed E-state index contributed by atoms with van der Waals surface area (Å²) in [7, 11) is 1.28. The van der Waals surface area contributed by atoms with Gasteiger partial charge in [0, 0.05) is 13.3 Å². The minimum atomic E-state index is -4.65. The van der Waals surface area contributed by atoms with Crippen molar-refractivity contribution in [2.45, 2.75) is 12.8 Å². The molecular weight excluding hydrogens is 369 g/mol. The molecule has 27 heavy (non-hydrogen) atoms. The molecule has 3 aromatic rings. The third kappa shape index (κ3) is 3.36. The number of nitrogens with zero attached hydrogens (tertiary/aromatic N) is 4. The van der Waals surface area contributed by atoms with Crippen molar-refractivity contribution in [1.82, 2.24) is 15.0 Å². The maximum atomic E-state index is 13.2. The van der Waals surface area contributed by atoms with Crippen molar-refractivity contribution in [1.29, 1.82) is 0 Å². The predicted molar refractivity (Wildman–Crippen MR) is 86.8 cm³/mol. The molecule has 0 fully saturated rings. The number of ether oxygens (including phenoxy) is 1. The summed E-state index contributed by atoms with van der Waals surface area (Å²) in [6.07, 6.45) is -3.46. The van der Waals surface area contributed by atoms with E-state index in [0.29, 0.717) is 0 Å². The van der Waals surface area contributed by atoms with E-state index >= 15 is 0 Å². The van der Waals surface area contributed by atoms with E-state index in [9.17, 15) is 28.4 Å². The number of hydrogen-bond donors (Lipinski definition) is 1. The highest BCUT2D eigenvalue weighted by Crippen LogP contribution is 2.38. The third-order valence-corrected chi connectivity index (χ3v) is 3.69. The van der Waals surface area contributed by atoms with Crippen molar-refractivity contribution in [3.63, 3.8) is 0 Å². The van der Waals surface area contributed by atoms with Gasteiger partial charge in [0.1, 0.15) is 5.69 Å². The summed E-state index contributed by atoms with van der Waals surface area (Å²) >= 11 is 0. The number of halogens is 3. The van der Waals surface area contributed by atoms with Crippen LogP contribution in [0.5, 0.6) is 5.75 Å². The van der Waals surface area contributed by atoms with Crippen LogP contribution in [-0.2, 0) is 17.5 Å². The van der Waals surface area contributed by atoms with Crippen molar-refractivity contribution in [3.8, 4) is 17.1 Å². The van der Waals surface area contributed by atoms with Crippen LogP contribution in [0.3, 0.4) is 0 Å². The summed E-state index contributed by atoms with van der Waals surface area (Å²) in [5, 5.41) is 21.3. The van der Waals surface area contributed by atoms with Crippen molar-refractivity contribution < 1.29 is 27.9 Å².